The molecule has 0 saturated heterocycles. The molecule has 0 bridgehead atoms. The van der Waals surface area contributed by atoms with Crippen molar-refractivity contribution in [3.05, 3.63) is 89.0 Å². The van der Waals surface area contributed by atoms with E-state index in [1.807, 2.05) is 0 Å². The van der Waals surface area contributed by atoms with E-state index in [1.54, 1.807) is 66.7 Å². The highest BCUT2D eigenvalue weighted by Gasteiger charge is 2.50. The van der Waals surface area contributed by atoms with Gasteiger partial charge in [-0.25, -0.2) is 0 Å². The van der Waals surface area contributed by atoms with E-state index in [9.17, 15) is 19.2 Å². The van der Waals surface area contributed by atoms with Gasteiger partial charge in [0.15, 0.2) is 17.3 Å². The monoisotopic (exact) mass is 485 g/mol. The standard InChI is InChI=1S/C27H23N3O6/c1-35-21-13-12-18-23(24(21)36-2)27(34)30-19-11-7-6-10-17(19)26(33)29(25(18)30)15-22(32)28-14-20(31)16-8-4-3-5-9-16/h3-13,25H,14-15H2,1-2H3,(H,28,32)/t25-/m0/s1. The van der Waals surface area contributed by atoms with Crippen LogP contribution in [0.2, 0.25) is 0 Å². The Balaban J connectivity index is 1.48. The van der Waals surface area contributed by atoms with E-state index in [4.69, 9.17) is 9.47 Å². The number of rotatable bonds is 7. The molecule has 2 heterocycles. The summed E-state index contributed by atoms with van der Waals surface area (Å²) >= 11 is 0. The van der Waals surface area contributed by atoms with Gasteiger partial charge in [0, 0.05) is 11.1 Å². The summed E-state index contributed by atoms with van der Waals surface area (Å²) in [5.41, 5.74) is 2.02. The van der Waals surface area contributed by atoms with Crippen LogP contribution in [0.4, 0.5) is 5.69 Å². The number of nitrogens with zero attached hydrogens (tertiary/aromatic N) is 2. The second kappa shape index (κ2) is 9.18. The van der Waals surface area contributed by atoms with Gasteiger partial charge in [0.05, 0.1) is 37.6 Å². The van der Waals surface area contributed by atoms with E-state index in [-0.39, 0.29) is 36.1 Å². The Morgan fingerprint density at radius 1 is 0.889 bits per heavy atom. The van der Waals surface area contributed by atoms with Gasteiger partial charge in [-0.2, -0.15) is 0 Å². The number of ether oxygens (including phenoxy) is 2. The molecule has 0 fully saturated rings. The molecule has 1 N–H and O–H groups in total. The quantitative estimate of drug-likeness (QED) is 0.516. The summed E-state index contributed by atoms with van der Waals surface area (Å²) in [6.07, 6.45) is -0.856. The number of anilines is 1. The fourth-order valence-corrected chi connectivity index (χ4v) is 4.70. The highest BCUT2D eigenvalue weighted by atomic mass is 16.5. The Kier molecular flexibility index (Phi) is 5.89. The second-order valence-electron chi connectivity index (χ2n) is 8.33. The number of amides is 3. The molecule has 2 aliphatic heterocycles. The molecule has 3 aromatic carbocycles. The fraction of sp³-hybridized carbons (Fsp3) is 0.185. The van der Waals surface area contributed by atoms with E-state index in [2.05, 4.69) is 5.32 Å². The number of carbonyl (C=O) groups excluding carboxylic acids is 4. The molecule has 3 aromatic rings. The first-order chi connectivity index (χ1) is 17.5. The molecule has 36 heavy (non-hydrogen) atoms. The number of Topliss-reactive ketones (excluding diaryl/α,β-unsaturated/α-hetero) is 1. The molecule has 0 unspecified atom stereocenters. The molecule has 9 heteroatoms. The van der Waals surface area contributed by atoms with Gasteiger partial charge in [-0.3, -0.25) is 24.1 Å². The van der Waals surface area contributed by atoms with Crippen molar-refractivity contribution in [2.45, 2.75) is 6.17 Å². The second-order valence-corrected chi connectivity index (χ2v) is 8.33. The summed E-state index contributed by atoms with van der Waals surface area (Å²) in [5.74, 6) is -0.889. The van der Waals surface area contributed by atoms with Crippen molar-refractivity contribution < 1.29 is 28.7 Å². The van der Waals surface area contributed by atoms with E-state index in [0.29, 0.717) is 28.1 Å². The molecule has 0 aliphatic carbocycles. The largest absolute Gasteiger partial charge is 0.493 e. The third-order valence-electron chi connectivity index (χ3n) is 6.34. The van der Waals surface area contributed by atoms with Crippen LogP contribution in [0, 0.1) is 0 Å². The molecule has 0 radical (unpaired) electrons. The predicted molar refractivity (Wildman–Crippen MR) is 130 cm³/mol. The molecule has 1 atom stereocenters. The number of ketones is 1. The van der Waals surface area contributed by atoms with Crippen molar-refractivity contribution in [1.82, 2.24) is 10.2 Å². The lowest BCUT2D eigenvalue weighted by Crippen LogP contribution is -2.51. The lowest BCUT2D eigenvalue weighted by molar-refractivity contribution is -0.122. The fourth-order valence-electron chi connectivity index (χ4n) is 4.70. The number of benzene rings is 3. The zero-order chi connectivity index (χ0) is 25.4. The first kappa shape index (κ1) is 23.1. The van der Waals surface area contributed by atoms with Crippen LogP contribution in [-0.4, -0.2) is 55.7 Å². The molecule has 0 aromatic heterocycles. The van der Waals surface area contributed by atoms with Crippen LogP contribution in [-0.2, 0) is 4.79 Å². The maximum absolute atomic E-state index is 13.7. The van der Waals surface area contributed by atoms with Crippen LogP contribution >= 0.6 is 0 Å². The van der Waals surface area contributed by atoms with Crippen LogP contribution in [0.1, 0.15) is 42.8 Å². The summed E-state index contributed by atoms with van der Waals surface area (Å²) in [6, 6.07) is 18.7. The van der Waals surface area contributed by atoms with E-state index < -0.39 is 18.0 Å². The summed E-state index contributed by atoms with van der Waals surface area (Å²) < 4.78 is 10.9. The molecule has 182 valence electrons. The SMILES string of the molecule is COc1ccc2c(c1OC)C(=O)N1c3ccccc3C(=O)N(CC(=O)NCC(=O)c3ccccc3)[C@H]21. The molecule has 0 spiro atoms. The van der Waals surface area contributed by atoms with E-state index in [0.717, 1.165) is 0 Å². The number of carbonyl (C=O) groups is 4. The molecule has 3 amide bonds. The van der Waals surface area contributed by atoms with Crippen molar-refractivity contribution in [3.63, 3.8) is 0 Å². The van der Waals surface area contributed by atoms with Gasteiger partial charge < -0.3 is 19.7 Å². The van der Waals surface area contributed by atoms with Crippen molar-refractivity contribution >= 4 is 29.2 Å². The van der Waals surface area contributed by atoms with Gasteiger partial charge in [0.1, 0.15) is 12.7 Å². The number of para-hydroxylation sites is 1. The summed E-state index contributed by atoms with van der Waals surface area (Å²) in [6.45, 7) is -0.562. The van der Waals surface area contributed by atoms with E-state index >= 15 is 0 Å². The zero-order valence-electron chi connectivity index (χ0n) is 19.7. The van der Waals surface area contributed by atoms with Crippen LogP contribution in [0.3, 0.4) is 0 Å². The normalized spacial score (nSPS) is 15.7. The number of hydrogen-bond acceptors (Lipinski definition) is 6. The van der Waals surface area contributed by atoms with Crippen LogP contribution in [0.5, 0.6) is 11.5 Å². The van der Waals surface area contributed by atoms with Crippen molar-refractivity contribution in [1.29, 1.82) is 0 Å². The number of hydrogen-bond donors (Lipinski definition) is 1. The minimum absolute atomic E-state index is 0.212. The maximum Gasteiger partial charge on any atom is 0.264 e. The molecule has 5 rings (SSSR count). The molecule has 0 saturated carbocycles. The first-order valence-corrected chi connectivity index (χ1v) is 11.3. The van der Waals surface area contributed by atoms with Crippen molar-refractivity contribution in [2.75, 3.05) is 32.2 Å². The lowest BCUT2D eigenvalue weighted by atomic mass is 10.0. The van der Waals surface area contributed by atoms with Gasteiger partial charge in [-0.05, 0) is 18.2 Å². The average molecular weight is 485 g/mol. The first-order valence-electron chi connectivity index (χ1n) is 11.3. The number of methoxy groups -OCH3 is 2. The van der Waals surface area contributed by atoms with Gasteiger partial charge in [-0.1, -0.05) is 48.5 Å². The summed E-state index contributed by atoms with van der Waals surface area (Å²) in [4.78, 5) is 55.3. The van der Waals surface area contributed by atoms with Crippen LogP contribution < -0.4 is 19.7 Å². The minimum Gasteiger partial charge on any atom is -0.493 e. The Bertz CT molecular complexity index is 1390. The molecular formula is C27H23N3O6. The summed E-state index contributed by atoms with van der Waals surface area (Å²) in [5, 5.41) is 2.60. The maximum atomic E-state index is 13.7. The Morgan fingerprint density at radius 2 is 1.61 bits per heavy atom. The zero-order valence-corrected chi connectivity index (χ0v) is 19.7. The highest BCUT2D eigenvalue weighted by molar-refractivity contribution is 6.18. The van der Waals surface area contributed by atoms with E-state index in [1.165, 1.54) is 24.0 Å². The predicted octanol–water partition coefficient (Wildman–Crippen LogP) is 2.82. The molecule has 2 aliphatic rings. The minimum atomic E-state index is -0.856. The molecule has 9 nitrogen and oxygen atoms in total. The summed E-state index contributed by atoms with van der Waals surface area (Å²) in [7, 11) is 2.92. The number of fused-ring (bicyclic) bond motifs is 5. The van der Waals surface area contributed by atoms with Crippen molar-refractivity contribution in [2.24, 2.45) is 0 Å². The van der Waals surface area contributed by atoms with Crippen molar-refractivity contribution in [3.8, 4) is 11.5 Å². The topological polar surface area (TPSA) is 105 Å². The van der Waals surface area contributed by atoms with Gasteiger partial charge in [0.2, 0.25) is 5.91 Å². The Labute approximate surface area is 207 Å². The highest BCUT2D eigenvalue weighted by Crippen LogP contribution is 2.49. The van der Waals surface area contributed by atoms with Gasteiger partial charge in [-0.15, -0.1) is 0 Å². The smallest absolute Gasteiger partial charge is 0.264 e. The average Bonchev–Trinajstić information content (AvgIpc) is 3.21. The third kappa shape index (κ3) is 3.65. The number of nitrogens with one attached hydrogen (secondary N) is 1. The van der Waals surface area contributed by atoms with Crippen LogP contribution in [0.25, 0.3) is 0 Å². The Hall–Kier alpha value is -4.66. The molecular weight excluding hydrogens is 462 g/mol. The Morgan fingerprint density at radius 3 is 2.33 bits per heavy atom. The van der Waals surface area contributed by atoms with Gasteiger partial charge >= 0.3 is 0 Å². The van der Waals surface area contributed by atoms with Gasteiger partial charge in [0.25, 0.3) is 11.8 Å². The van der Waals surface area contributed by atoms with Crippen LogP contribution in [0.15, 0.2) is 66.7 Å². The third-order valence-corrected chi connectivity index (χ3v) is 6.34. The lowest BCUT2D eigenvalue weighted by Gasteiger charge is -2.40.